The van der Waals surface area contributed by atoms with Gasteiger partial charge in [0.05, 0.1) is 15.6 Å². The molecule has 1 amide bonds. The zero-order valence-electron chi connectivity index (χ0n) is 8.31. The topological polar surface area (TPSA) is 55.1 Å². The average molecular weight is 247 g/mol. The number of rotatable bonds is 3. The fraction of sp³-hybridized carbons (Fsp3) is 0.300. The Labute approximate surface area is 98.5 Å². The van der Waals surface area contributed by atoms with Gasteiger partial charge in [-0.3, -0.25) is 4.79 Å². The van der Waals surface area contributed by atoms with Crippen LogP contribution in [0.4, 0.5) is 5.69 Å². The summed E-state index contributed by atoms with van der Waals surface area (Å²) < 4.78 is 0. The quantitative estimate of drug-likeness (QED) is 0.807. The molecular formula is C10H12Cl2N2O. The van der Waals surface area contributed by atoms with Crippen LogP contribution >= 0.6 is 23.2 Å². The Morgan fingerprint density at radius 1 is 1.47 bits per heavy atom. The van der Waals surface area contributed by atoms with Crippen LogP contribution in [-0.4, -0.2) is 12.5 Å². The lowest BCUT2D eigenvalue weighted by Gasteiger charge is -2.07. The maximum Gasteiger partial charge on any atom is 0.252 e. The Morgan fingerprint density at radius 3 is 2.73 bits per heavy atom. The summed E-state index contributed by atoms with van der Waals surface area (Å²) in [5, 5.41) is 3.23. The van der Waals surface area contributed by atoms with Gasteiger partial charge in [0.2, 0.25) is 0 Å². The van der Waals surface area contributed by atoms with Crippen molar-refractivity contribution in [1.82, 2.24) is 5.32 Å². The number of amides is 1. The van der Waals surface area contributed by atoms with Crippen LogP contribution < -0.4 is 11.1 Å². The predicted octanol–water partition coefficient (Wildman–Crippen LogP) is 2.72. The molecule has 82 valence electrons. The van der Waals surface area contributed by atoms with Gasteiger partial charge in [-0.15, -0.1) is 0 Å². The molecule has 0 aliphatic heterocycles. The van der Waals surface area contributed by atoms with E-state index in [1.807, 2.05) is 6.92 Å². The van der Waals surface area contributed by atoms with Crippen molar-refractivity contribution in [3.05, 3.63) is 27.7 Å². The minimum atomic E-state index is -0.254. The molecule has 1 aromatic rings. The fourth-order valence-electron chi connectivity index (χ4n) is 1.11. The smallest absolute Gasteiger partial charge is 0.252 e. The number of nitrogens with two attached hydrogens (primary N) is 1. The summed E-state index contributed by atoms with van der Waals surface area (Å²) in [6, 6.07) is 3.03. The Kier molecular flexibility index (Phi) is 4.24. The van der Waals surface area contributed by atoms with E-state index in [0.29, 0.717) is 22.8 Å². The number of halogens is 2. The van der Waals surface area contributed by atoms with Crippen LogP contribution in [0.5, 0.6) is 0 Å². The van der Waals surface area contributed by atoms with Crippen LogP contribution in [0.15, 0.2) is 12.1 Å². The lowest BCUT2D eigenvalue weighted by Crippen LogP contribution is -2.24. The van der Waals surface area contributed by atoms with E-state index in [2.05, 4.69) is 5.32 Å². The Morgan fingerprint density at radius 2 is 2.13 bits per heavy atom. The zero-order valence-corrected chi connectivity index (χ0v) is 9.82. The molecule has 0 heterocycles. The molecule has 1 aromatic carbocycles. The summed E-state index contributed by atoms with van der Waals surface area (Å²) in [5.74, 6) is -0.254. The van der Waals surface area contributed by atoms with E-state index in [9.17, 15) is 4.79 Å². The normalized spacial score (nSPS) is 10.1. The first kappa shape index (κ1) is 12.1. The van der Waals surface area contributed by atoms with Crippen molar-refractivity contribution in [3.8, 4) is 0 Å². The van der Waals surface area contributed by atoms with E-state index < -0.39 is 0 Å². The summed E-state index contributed by atoms with van der Waals surface area (Å²) in [7, 11) is 0. The summed E-state index contributed by atoms with van der Waals surface area (Å²) in [5.41, 5.74) is 6.31. The number of hydrogen-bond donors (Lipinski definition) is 2. The highest BCUT2D eigenvalue weighted by Crippen LogP contribution is 2.28. The van der Waals surface area contributed by atoms with Crippen LogP contribution in [0.3, 0.4) is 0 Å². The second-order valence-electron chi connectivity index (χ2n) is 3.12. The number of carbonyl (C=O) groups is 1. The highest BCUT2D eigenvalue weighted by molar-refractivity contribution is 6.44. The van der Waals surface area contributed by atoms with Crippen LogP contribution in [-0.2, 0) is 0 Å². The van der Waals surface area contributed by atoms with Gasteiger partial charge in [-0.1, -0.05) is 30.1 Å². The van der Waals surface area contributed by atoms with E-state index >= 15 is 0 Å². The van der Waals surface area contributed by atoms with E-state index in [0.717, 1.165) is 6.42 Å². The van der Waals surface area contributed by atoms with E-state index in [1.165, 1.54) is 12.1 Å². The number of nitrogens with one attached hydrogen (secondary N) is 1. The maximum absolute atomic E-state index is 11.6. The molecular weight excluding hydrogens is 235 g/mol. The molecule has 0 bridgehead atoms. The molecule has 0 aliphatic carbocycles. The van der Waals surface area contributed by atoms with Crippen molar-refractivity contribution in [1.29, 1.82) is 0 Å². The van der Waals surface area contributed by atoms with Crippen molar-refractivity contribution in [3.63, 3.8) is 0 Å². The first-order chi connectivity index (χ1) is 7.06. The van der Waals surface area contributed by atoms with Crippen molar-refractivity contribution in [2.45, 2.75) is 13.3 Å². The molecule has 15 heavy (non-hydrogen) atoms. The Bertz CT molecular complexity index is 380. The standard InChI is InChI=1S/C10H12Cl2N2O/c1-2-3-14-10(15)7-4-6(13)5-8(11)9(7)12/h4-5H,2-3,13H2,1H3,(H,14,15). The van der Waals surface area contributed by atoms with Gasteiger partial charge < -0.3 is 11.1 Å². The highest BCUT2D eigenvalue weighted by Gasteiger charge is 2.13. The van der Waals surface area contributed by atoms with Crippen LogP contribution in [0.2, 0.25) is 10.0 Å². The minimum absolute atomic E-state index is 0.236. The zero-order chi connectivity index (χ0) is 11.4. The van der Waals surface area contributed by atoms with Crippen LogP contribution in [0.25, 0.3) is 0 Å². The van der Waals surface area contributed by atoms with Crippen LogP contribution in [0, 0.1) is 0 Å². The third kappa shape index (κ3) is 3.01. The van der Waals surface area contributed by atoms with Crippen LogP contribution in [0.1, 0.15) is 23.7 Å². The number of carbonyl (C=O) groups excluding carboxylic acids is 1. The molecule has 0 unspecified atom stereocenters. The Balaban J connectivity index is 2.98. The lowest BCUT2D eigenvalue weighted by atomic mass is 10.2. The number of anilines is 1. The first-order valence-electron chi connectivity index (χ1n) is 4.59. The third-order valence-electron chi connectivity index (χ3n) is 1.83. The van der Waals surface area contributed by atoms with Crippen molar-refractivity contribution < 1.29 is 4.79 Å². The second kappa shape index (κ2) is 5.24. The van der Waals surface area contributed by atoms with Gasteiger partial charge in [0, 0.05) is 12.2 Å². The highest BCUT2D eigenvalue weighted by atomic mass is 35.5. The number of benzene rings is 1. The van der Waals surface area contributed by atoms with Gasteiger partial charge in [-0.2, -0.15) is 0 Å². The van der Waals surface area contributed by atoms with Gasteiger partial charge >= 0.3 is 0 Å². The summed E-state index contributed by atoms with van der Waals surface area (Å²) >= 11 is 11.7. The lowest BCUT2D eigenvalue weighted by molar-refractivity contribution is 0.0954. The largest absolute Gasteiger partial charge is 0.399 e. The molecule has 1 rings (SSSR count). The molecule has 0 saturated carbocycles. The number of hydrogen-bond acceptors (Lipinski definition) is 2. The fourth-order valence-corrected chi connectivity index (χ4v) is 1.53. The molecule has 0 atom stereocenters. The molecule has 0 aliphatic rings. The van der Waals surface area contributed by atoms with E-state index in [1.54, 1.807) is 0 Å². The minimum Gasteiger partial charge on any atom is -0.399 e. The van der Waals surface area contributed by atoms with Gasteiger partial charge in [-0.25, -0.2) is 0 Å². The van der Waals surface area contributed by atoms with Gasteiger partial charge in [-0.05, 0) is 18.6 Å². The Hall–Kier alpha value is -0.930. The summed E-state index contributed by atoms with van der Waals surface area (Å²) in [4.78, 5) is 11.6. The molecule has 0 aromatic heterocycles. The number of nitrogen functional groups attached to an aromatic ring is 1. The first-order valence-corrected chi connectivity index (χ1v) is 5.34. The van der Waals surface area contributed by atoms with E-state index in [4.69, 9.17) is 28.9 Å². The van der Waals surface area contributed by atoms with E-state index in [-0.39, 0.29) is 10.9 Å². The predicted molar refractivity (Wildman–Crippen MR) is 63.5 cm³/mol. The molecule has 5 heteroatoms. The van der Waals surface area contributed by atoms with Crippen molar-refractivity contribution in [2.24, 2.45) is 0 Å². The third-order valence-corrected chi connectivity index (χ3v) is 2.63. The molecule has 0 radical (unpaired) electrons. The SMILES string of the molecule is CCCNC(=O)c1cc(N)cc(Cl)c1Cl. The molecule has 3 nitrogen and oxygen atoms in total. The second-order valence-corrected chi connectivity index (χ2v) is 3.91. The molecule has 0 fully saturated rings. The van der Waals surface area contributed by atoms with Gasteiger partial charge in [0.15, 0.2) is 0 Å². The molecule has 3 N–H and O–H groups in total. The maximum atomic E-state index is 11.6. The summed E-state index contributed by atoms with van der Waals surface area (Å²) in [6.45, 7) is 2.57. The summed E-state index contributed by atoms with van der Waals surface area (Å²) in [6.07, 6.45) is 0.861. The average Bonchev–Trinajstić information content (AvgIpc) is 2.19. The van der Waals surface area contributed by atoms with Crippen molar-refractivity contribution in [2.75, 3.05) is 12.3 Å². The van der Waals surface area contributed by atoms with Gasteiger partial charge in [0.1, 0.15) is 0 Å². The molecule has 0 spiro atoms. The van der Waals surface area contributed by atoms with Gasteiger partial charge in [0.25, 0.3) is 5.91 Å². The monoisotopic (exact) mass is 246 g/mol. The van der Waals surface area contributed by atoms with Crippen molar-refractivity contribution >= 4 is 34.8 Å². The molecule has 0 saturated heterocycles.